The van der Waals surface area contributed by atoms with Crippen molar-refractivity contribution in [3.05, 3.63) is 47.2 Å². The summed E-state index contributed by atoms with van der Waals surface area (Å²) >= 11 is 0. The molecule has 0 unspecified atom stereocenters. The Bertz CT molecular complexity index is 377. The van der Waals surface area contributed by atoms with Crippen LogP contribution in [0, 0.1) is 0 Å². The lowest BCUT2D eigenvalue weighted by Crippen LogP contribution is -2.06. The zero-order chi connectivity index (χ0) is 12.0. The topological polar surface area (TPSA) is 26.3 Å². The van der Waals surface area contributed by atoms with Gasteiger partial charge in [0.05, 0.1) is 12.4 Å². The fourth-order valence-electron chi connectivity index (χ4n) is 1.60. The second-order valence-corrected chi connectivity index (χ2v) is 3.69. The van der Waals surface area contributed by atoms with Gasteiger partial charge in [-0.2, -0.15) is 0 Å². The largest absolute Gasteiger partial charge is 0.498 e. The molecule has 1 aromatic carbocycles. The second-order valence-electron chi connectivity index (χ2n) is 3.69. The number of hydrogen-bond acceptors (Lipinski definition) is 2. The Morgan fingerprint density at radius 2 is 1.81 bits per heavy atom. The minimum absolute atomic E-state index is 0.0785. The molecule has 0 aromatic heterocycles. The highest BCUT2D eigenvalue weighted by molar-refractivity contribution is 5.94. The number of rotatable bonds is 5. The molecule has 0 N–H and O–H groups in total. The van der Waals surface area contributed by atoms with E-state index < -0.39 is 0 Å². The summed E-state index contributed by atoms with van der Waals surface area (Å²) in [6, 6.07) is 9.95. The van der Waals surface area contributed by atoms with Crippen LogP contribution in [0.3, 0.4) is 0 Å². The van der Waals surface area contributed by atoms with E-state index >= 15 is 0 Å². The number of Topliss-reactive ketones (excluding diaryl/α,β-unsaturated/α-hetero) is 1. The number of benzene rings is 1. The third kappa shape index (κ3) is 3.54. The van der Waals surface area contributed by atoms with Gasteiger partial charge in [-0.3, -0.25) is 4.79 Å². The van der Waals surface area contributed by atoms with Gasteiger partial charge >= 0.3 is 0 Å². The minimum atomic E-state index is 0.0785. The number of ketones is 1. The third-order valence-electron chi connectivity index (χ3n) is 2.43. The Morgan fingerprint density at radius 1 is 1.19 bits per heavy atom. The first-order valence-electron chi connectivity index (χ1n) is 5.52. The summed E-state index contributed by atoms with van der Waals surface area (Å²) in [5.41, 5.74) is 1.89. The minimum Gasteiger partial charge on any atom is -0.498 e. The average Bonchev–Trinajstić information content (AvgIpc) is 2.27. The maximum atomic E-state index is 11.5. The van der Waals surface area contributed by atoms with Crippen molar-refractivity contribution in [3.63, 3.8) is 0 Å². The highest BCUT2D eigenvalue weighted by atomic mass is 16.5. The van der Waals surface area contributed by atoms with Gasteiger partial charge in [-0.15, -0.1) is 0 Å². The highest BCUT2D eigenvalue weighted by Crippen LogP contribution is 2.14. The van der Waals surface area contributed by atoms with Crippen LogP contribution >= 0.6 is 0 Å². The van der Waals surface area contributed by atoms with E-state index in [0.29, 0.717) is 13.0 Å². The quantitative estimate of drug-likeness (QED) is 0.560. The molecule has 2 heteroatoms. The molecule has 86 valence electrons. The molecule has 2 nitrogen and oxygen atoms in total. The van der Waals surface area contributed by atoms with Gasteiger partial charge in [-0.25, -0.2) is 0 Å². The first-order valence-corrected chi connectivity index (χ1v) is 5.52. The van der Waals surface area contributed by atoms with E-state index in [9.17, 15) is 4.79 Å². The summed E-state index contributed by atoms with van der Waals surface area (Å²) in [6.45, 7) is 5.95. The molecule has 0 saturated carbocycles. The first kappa shape index (κ1) is 12.5. The molecule has 0 fully saturated rings. The smallest absolute Gasteiger partial charge is 0.159 e. The van der Waals surface area contributed by atoms with Gasteiger partial charge in [-0.05, 0) is 26.3 Å². The van der Waals surface area contributed by atoms with E-state index in [1.807, 2.05) is 44.2 Å². The third-order valence-corrected chi connectivity index (χ3v) is 2.43. The molecule has 0 saturated heterocycles. The summed E-state index contributed by atoms with van der Waals surface area (Å²) in [7, 11) is 0. The standard InChI is InChI=1S/C14H18O2/c1-4-16-12(3)14(11(2)15)10-13-8-6-5-7-9-13/h5-9H,4,10H2,1-3H3/b14-12+. The van der Waals surface area contributed by atoms with Crippen molar-refractivity contribution in [2.24, 2.45) is 0 Å². The summed E-state index contributed by atoms with van der Waals surface area (Å²) in [5, 5.41) is 0. The predicted octanol–water partition coefficient (Wildman–Crippen LogP) is 3.13. The van der Waals surface area contributed by atoms with Gasteiger partial charge in [0.1, 0.15) is 0 Å². The van der Waals surface area contributed by atoms with Crippen LogP contribution in [-0.4, -0.2) is 12.4 Å². The number of ether oxygens (including phenoxy) is 1. The Labute approximate surface area is 96.9 Å². The molecular formula is C14H18O2. The molecule has 0 spiro atoms. The van der Waals surface area contributed by atoms with Crippen molar-refractivity contribution in [1.82, 2.24) is 0 Å². The molecule has 0 aliphatic heterocycles. The molecule has 1 aromatic rings. The Balaban J connectivity index is 2.89. The van der Waals surface area contributed by atoms with Crippen LogP contribution < -0.4 is 0 Å². The molecule has 0 bridgehead atoms. The maximum absolute atomic E-state index is 11.5. The van der Waals surface area contributed by atoms with Crippen LogP contribution in [-0.2, 0) is 16.0 Å². The zero-order valence-electron chi connectivity index (χ0n) is 10.1. The molecule has 16 heavy (non-hydrogen) atoms. The SMILES string of the molecule is CCO/C(C)=C(\Cc1ccccc1)C(C)=O. The fourth-order valence-corrected chi connectivity index (χ4v) is 1.60. The van der Waals surface area contributed by atoms with E-state index in [4.69, 9.17) is 4.74 Å². The molecular weight excluding hydrogens is 200 g/mol. The van der Waals surface area contributed by atoms with Crippen molar-refractivity contribution in [2.45, 2.75) is 27.2 Å². The van der Waals surface area contributed by atoms with Crippen molar-refractivity contribution < 1.29 is 9.53 Å². The van der Waals surface area contributed by atoms with Gasteiger partial charge in [0.2, 0.25) is 0 Å². The van der Waals surface area contributed by atoms with Crippen LogP contribution in [0.25, 0.3) is 0 Å². The maximum Gasteiger partial charge on any atom is 0.159 e. The Kier molecular flexibility index (Phi) is 4.77. The normalized spacial score (nSPS) is 11.9. The number of carbonyl (C=O) groups is 1. The number of carbonyl (C=O) groups excluding carboxylic acids is 1. The van der Waals surface area contributed by atoms with Crippen LogP contribution in [0.15, 0.2) is 41.7 Å². The van der Waals surface area contributed by atoms with E-state index in [-0.39, 0.29) is 5.78 Å². The van der Waals surface area contributed by atoms with Crippen LogP contribution in [0.4, 0.5) is 0 Å². The predicted molar refractivity (Wildman–Crippen MR) is 65.2 cm³/mol. The zero-order valence-corrected chi connectivity index (χ0v) is 10.1. The lowest BCUT2D eigenvalue weighted by Gasteiger charge is -2.10. The lowest BCUT2D eigenvalue weighted by molar-refractivity contribution is -0.113. The number of hydrogen-bond donors (Lipinski definition) is 0. The fraction of sp³-hybridized carbons (Fsp3) is 0.357. The average molecular weight is 218 g/mol. The molecule has 0 radical (unpaired) electrons. The van der Waals surface area contributed by atoms with Crippen molar-refractivity contribution in [3.8, 4) is 0 Å². The van der Waals surface area contributed by atoms with Gasteiger partial charge in [0.25, 0.3) is 0 Å². The van der Waals surface area contributed by atoms with E-state index in [1.165, 1.54) is 0 Å². The Morgan fingerprint density at radius 3 is 2.31 bits per heavy atom. The van der Waals surface area contributed by atoms with Gasteiger partial charge < -0.3 is 4.74 Å². The first-order chi connectivity index (χ1) is 7.65. The van der Waals surface area contributed by atoms with Crippen LogP contribution in [0.2, 0.25) is 0 Å². The molecule has 0 aliphatic carbocycles. The van der Waals surface area contributed by atoms with Crippen molar-refractivity contribution >= 4 is 5.78 Å². The second kappa shape index (κ2) is 6.11. The van der Waals surface area contributed by atoms with Gasteiger partial charge in [0.15, 0.2) is 5.78 Å². The van der Waals surface area contributed by atoms with Crippen LogP contribution in [0.1, 0.15) is 26.3 Å². The van der Waals surface area contributed by atoms with E-state index in [0.717, 1.165) is 16.9 Å². The van der Waals surface area contributed by atoms with Gasteiger partial charge in [-0.1, -0.05) is 30.3 Å². The number of allylic oxidation sites excluding steroid dienone is 2. The summed E-state index contributed by atoms with van der Waals surface area (Å²) in [5.74, 6) is 0.814. The summed E-state index contributed by atoms with van der Waals surface area (Å²) in [4.78, 5) is 11.5. The molecule has 0 aliphatic rings. The highest BCUT2D eigenvalue weighted by Gasteiger charge is 2.10. The molecule has 0 heterocycles. The lowest BCUT2D eigenvalue weighted by atomic mass is 10.0. The Hall–Kier alpha value is -1.57. The summed E-state index contributed by atoms with van der Waals surface area (Å²) < 4.78 is 5.40. The van der Waals surface area contributed by atoms with E-state index in [2.05, 4.69) is 0 Å². The van der Waals surface area contributed by atoms with Gasteiger partial charge in [0, 0.05) is 12.0 Å². The van der Waals surface area contributed by atoms with Crippen LogP contribution in [0.5, 0.6) is 0 Å². The van der Waals surface area contributed by atoms with E-state index in [1.54, 1.807) is 6.92 Å². The molecule has 0 amide bonds. The molecule has 1 rings (SSSR count). The monoisotopic (exact) mass is 218 g/mol. The van der Waals surface area contributed by atoms with Crippen molar-refractivity contribution in [2.75, 3.05) is 6.61 Å². The summed E-state index contributed by atoms with van der Waals surface area (Å²) in [6.07, 6.45) is 0.641. The van der Waals surface area contributed by atoms with Crippen molar-refractivity contribution in [1.29, 1.82) is 0 Å². The molecule has 0 atom stereocenters.